The quantitative estimate of drug-likeness (QED) is 0.121. The first-order chi connectivity index (χ1) is 19.7. The second kappa shape index (κ2) is 12.2. The lowest BCUT2D eigenvalue weighted by Gasteiger charge is -2.12. The Kier molecular flexibility index (Phi) is 8.44. The first-order valence-electron chi connectivity index (χ1n) is 12.9. The Hall–Kier alpha value is -4.11. The average molecular weight is 585 g/mol. The van der Waals surface area contributed by atoms with Crippen molar-refractivity contribution in [1.29, 1.82) is 0 Å². The highest BCUT2D eigenvalue weighted by atomic mass is 32.1. The summed E-state index contributed by atoms with van der Waals surface area (Å²) in [7, 11) is 0. The molecule has 5 rings (SSSR count). The van der Waals surface area contributed by atoms with E-state index in [4.69, 9.17) is 9.47 Å². The highest BCUT2D eigenvalue weighted by molar-refractivity contribution is 7.22. The second-order valence-electron chi connectivity index (χ2n) is 9.34. The molecule has 212 valence electrons. The Balaban J connectivity index is 1.21. The highest BCUT2D eigenvalue weighted by Gasteiger charge is 2.34. The van der Waals surface area contributed by atoms with Crippen molar-refractivity contribution in [3.8, 4) is 38.8 Å². The number of ether oxygens (including phenoxy) is 3. The van der Waals surface area contributed by atoms with Gasteiger partial charge in [-0.2, -0.15) is 0 Å². The Morgan fingerprint density at radius 2 is 1.37 bits per heavy atom. The van der Waals surface area contributed by atoms with Crippen LogP contribution in [0.4, 0.5) is 22.0 Å². The molecule has 4 aromatic carbocycles. The van der Waals surface area contributed by atoms with Crippen molar-refractivity contribution in [3.63, 3.8) is 0 Å². The molecule has 5 aromatic rings. The number of rotatable bonds is 10. The second-order valence-corrected chi connectivity index (χ2v) is 10.4. The summed E-state index contributed by atoms with van der Waals surface area (Å²) < 4.78 is 81.6. The zero-order valence-electron chi connectivity index (χ0n) is 21.9. The molecule has 0 N–H and O–H groups in total. The van der Waals surface area contributed by atoms with Gasteiger partial charge in [-0.05, 0) is 94.7 Å². The van der Waals surface area contributed by atoms with Crippen LogP contribution in [0.5, 0.6) is 17.2 Å². The van der Waals surface area contributed by atoms with Gasteiger partial charge in [0.25, 0.3) is 0 Å². The molecule has 0 unspecified atom stereocenters. The molecule has 0 atom stereocenters. The third kappa shape index (κ3) is 7.16. The van der Waals surface area contributed by atoms with Crippen LogP contribution in [-0.2, 0) is 6.61 Å². The van der Waals surface area contributed by atoms with Crippen LogP contribution in [0.3, 0.4) is 0 Å². The molecule has 0 aliphatic carbocycles. The topological polar surface area (TPSA) is 27.7 Å². The monoisotopic (exact) mass is 584 g/mol. The molecule has 41 heavy (non-hydrogen) atoms. The van der Waals surface area contributed by atoms with Crippen LogP contribution < -0.4 is 14.2 Å². The van der Waals surface area contributed by atoms with Gasteiger partial charge in [-0.15, -0.1) is 24.5 Å². The molecule has 0 saturated carbocycles. The van der Waals surface area contributed by atoms with Gasteiger partial charge in [-0.1, -0.05) is 37.6 Å². The van der Waals surface area contributed by atoms with E-state index >= 15 is 0 Å². The molecule has 0 aliphatic rings. The fraction of sp³-hybridized carbons (Fsp3) is 0.188. The van der Waals surface area contributed by atoms with E-state index in [2.05, 4.69) is 29.9 Å². The summed E-state index contributed by atoms with van der Waals surface area (Å²) in [5.74, 6) is -2.81. The summed E-state index contributed by atoms with van der Waals surface area (Å²) in [5, 5.41) is 1.16. The van der Waals surface area contributed by atoms with E-state index in [1.54, 1.807) is 35.6 Å². The van der Waals surface area contributed by atoms with Gasteiger partial charge in [0.1, 0.15) is 18.1 Å². The Morgan fingerprint density at radius 1 is 0.707 bits per heavy atom. The van der Waals surface area contributed by atoms with E-state index in [1.165, 1.54) is 0 Å². The van der Waals surface area contributed by atoms with E-state index in [1.807, 2.05) is 30.3 Å². The van der Waals surface area contributed by atoms with E-state index in [0.29, 0.717) is 17.9 Å². The summed E-state index contributed by atoms with van der Waals surface area (Å²) in [6.07, 6.45) is -3.08. The summed E-state index contributed by atoms with van der Waals surface area (Å²) >= 11 is 1.70. The fourth-order valence-corrected chi connectivity index (χ4v) is 5.29. The van der Waals surface area contributed by atoms with Crippen molar-refractivity contribution in [2.24, 2.45) is 0 Å². The Labute approximate surface area is 237 Å². The van der Waals surface area contributed by atoms with Crippen LogP contribution in [0, 0.1) is 11.6 Å². The predicted octanol–water partition coefficient (Wildman–Crippen LogP) is 10.2. The lowest BCUT2D eigenvalue weighted by Crippen LogP contribution is -2.19. The number of halogens is 5. The maximum absolute atomic E-state index is 14.1. The lowest BCUT2D eigenvalue weighted by atomic mass is 10.0. The summed E-state index contributed by atoms with van der Waals surface area (Å²) in [6, 6.07) is 24.3. The van der Waals surface area contributed by atoms with Crippen molar-refractivity contribution >= 4 is 21.4 Å². The average Bonchev–Trinajstić information content (AvgIpc) is 3.38. The van der Waals surface area contributed by atoms with Crippen LogP contribution in [0.1, 0.15) is 25.3 Å². The number of hydrogen-bond acceptors (Lipinski definition) is 4. The molecule has 0 amide bonds. The van der Waals surface area contributed by atoms with E-state index < -0.39 is 23.7 Å². The van der Waals surface area contributed by atoms with E-state index in [0.717, 1.165) is 56.8 Å². The standard InChI is InChI=1S/C32H25F5O3S/c1-2-3-14-38-26-13-10-23-17-29(41-30(23)18-26)22-8-11-25(12-9-22)39-19-20-4-6-21(7-5-20)24-15-27(33)31(28(34)16-24)40-32(35,36)37/h4-13,15-18H,2-3,14,19H2,1H3. The minimum Gasteiger partial charge on any atom is -0.494 e. The third-order valence-electron chi connectivity index (χ3n) is 6.31. The van der Waals surface area contributed by atoms with Crippen LogP contribution in [-0.4, -0.2) is 13.0 Å². The molecule has 0 aliphatic heterocycles. The molecule has 1 aromatic heterocycles. The number of benzene rings is 4. The largest absolute Gasteiger partial charge is 0.573 e. The summed E-state index contributed by atoms with van der Waals surface area (Å²) in [6.45, 7) is 3.10. The number of alkyl halides is 3. The number of thiophene rings is 1. The maximum atomic E-state index is 14.1. The fourth-order valence-electron chi connectivity index (χ4n) is 4.19. The summed E-state index contributed by atoms with van der Waals surface area (Å²) in [4.78, 5) is 1.14. The van der Waals surface area contributed by atoms with Crippen molar-refractivity contribution in [2.45, 2.75) is 32.7 Å². The normalized spacial score (nSPS) is 11.6. The van der Waals surface area contributed by atoms with Gasteiger partial charge in [0.15, 0.2) is 11.6 Å². The van der Waals surface area contributed by atoms with Gasteiger partial charge in [-0.25, -0.2) is 8.78 Å². The van der Waals surface area contributed by atoms with Gasteiger partial charge in [0, 0.05) is 9.58 Å². The molecular formula is C32H25F5O3S. The molecule has 9 heteroatoms. The van der Waals surface area contributed by atoms with Crippen LogP contribution >= 0.6 is 11.3 Å². The number of hydrogen-bond donors (Lipinski definition) is 0. The van der Waals surface area contributed by atoms with Crippen molar-refractivity contribution in [3.05, 3.63) is 102 Å². The number of unbranched alkanes of at least 4 members (excludes halogenated alkanes) is 1. The minimum atomic E-state index is -5.20. The smallest absolute Gasteiger partial charge is 0.494 e. The van der Waals surface area contributed by atoms with E-state index in [-0.39, 0.29) is 12.2 Å². The van der Waals surface area contributed by atoms with Gasteiger partial charge in [-0.3, -0.25) is 0 Å². The molecule has 3 nitrogen and oxygen atoms in total. The Bertz CT molecular complexity index is 1600. The predicted molar refractivity (Wildman–Crippen MR) is 150 cm³/mol. The highest BCUT2D eigenvalue weighted by Crippen LogP contribution is 2.36. The molecule has 0 radical (unpaired) electrons. The van der Waals surface area contributed by atoms with Crippen LogP contribution in [0.25, 0.3) is 31.7 Å². The Morgan fingerprint density at radius 3 is 2.02 bits per heavy atom. The molecule has 0 bridgehead atoms. The molecule has 1 heterocycles. The molecule has 0 spiro atoms. The minimum absolute atomic E-state index is 0.0825. The zero-order valence-corrected chi connectivity index (χ0v) is 22.8. The summed E-state index contributed by atoms with van der Waals surface area (Å²) in [5.41, 5.74) is 2.39. The number of fused-ring (bicyclic) bond motifs is 1. The lowest BCUT2D eigenvalue weighted by molar-refractivity contribution is -0.276. The van der Waals surface area contributed by atoms with Crippen molar-refractivity contribution < 1.29 is 36.2 Å². The zero-order chi connectivity index (χ0) is 29.0. The van der Waals surface area contributed by atoms with Gasteiger partial charge in [0.05, 0.1) is 6.61 Å². The molecule has 0 saturated heterocycles. The first kappa shape index (κ1) is 28.4. The first-order valence-corrected chi connectivity index (χ1v) is 13.7. The van der Waals surface area contributed by atoms with Crippen molar-refractivity contribution in [1.82, 2.24) is 0 Å². The van der Waals surface area contributed by atoms with Gasteiger partial charge in [0.2, 0.25) is 5.75 Å². The molecular weight excluding hydrogens is 559 g/mol. The molecule has 0 fully saturated rings. The van der Waals surface area contributed by atoms with Crippen molar-refractivity contribution in [2.75, 3.05) is 6.61 Å². The van der Waals surface area contributed by atoms with Gasteiger partial charge >= 0.3 is 6.36 Å². The SMILES string of the molecule is CCCCOc1ccc2cc(-c3ccc(OCc4ccc(-c5cc(F)c(OC(F)(F)F)c(F)c5)cc4)cc3)sc2c1. The third-order valence-corrected chi connectivity index (χ3v) is 7.45. The maximum Gasteiger partial charge on any atom is 0.573 e. The van der Waals surface area contributed by atoms with Gasteiger partial charge < -0.3 is 14.2 Å². The van der Waals surface area contributed by atoms with Crippen LogP contribution in [0.2, 0.25) is 0 Å². The van der Waals surface area contributed by atoms with Crippen LogP contribution in [0.15, 0.2) is 84.9 Å². The van der Waals surface area contributed by atoms with E-state index in [9.17, 15) is 22.0 Å².